The molecule has 0 saturated carbocycles. The first-order chi connectivity index (χ1) is 9.65. The maximum absolute atomic E-state index is 11.2. The first-order valence-electron chi connectivity index (χ1n) is 6.65. The number of anilines is 1. The summed E-state index contributed by atoms with van der Waals surface area (Å²) in [5.74, 6) is 0.870. The SMILES string of the molecule is CCc1cc2c(NC3CCC(=O)NC3)nc(Cl)nc2s1. The van der Waals surface area contributed by atoms with Gasteiger partial charge in [0.15, 0.2) is 0 Å². The molecule has 1 saturated heterocycles. The molecular formula is C13H15ClN4OS. The summed E-state index contributed by atoms with van der Waals surface area (Å²) >= 11 is 7.63. The first kappa shape index (κ1) is 13.6. The Hall–Kier alpha value is -1.40. The third-order valence-corrected chi connectivity index (χ3v) is 4.71. The molecule has 5 nitrogen and oxygen atoms in total. The molecule has 1 atom stereocenters. The van der Waals surface area contributed by atoms with E-state index in [0.29, 0.717) is 13.0 Å². The summed E-state index contributed by atoms with van der Waals surface area (Å²) in [6, 6.07) is 2.30. The summed E-state index contributed by atoms with van der Waals surface area (Å²) in [7, 11) is 0. The molecule has 3 heterocycles. The molecule has 0 aromatic carbocycles. The summed E-state index contributed by atoms with van der Waals surface area (Å²) in [6.45, 7) is 2.73. The molecule has 2 aromatic heterocycles. The molecule has 0 spiro atoms. The molecule has 7 heteroatoms. The van der Waals surface area contributed by atoms with Gasteiger partial charge in [-0.25, -0.2) is 9.97 Å². The van der Waals surface area contributed by atoms with Crippen molar-refractivity contribution in [3.63, 3.8) is 0 Å². The van der Waals surface area contributed by atoms with Crippen LogP contribution in [0.25, 0.3) is 10.2 Å². The highest BCUT2D eigenvalue weighted by atomic mass is 35.5. The summed E-state index contributed by atoms with van der Waals surface area (Å²) in [5, 5.41) is 7.50. The zero-order chi connectivity index (χ0) is 14.1. The van der Waals surface area contributed by atoms with E-state index in [9.17, 15) is 4.79 Å². The lowest BCUT2D eigenvalue weighted by Gasteiger charge is -2.24. The lowest BCUT2D eigenvalue weighted by molar-refractivity contribution is -0.122. The third kappa shape index (κ3) is 2.71. The van der Waals surface area contributed by atoms with Crippen molar-refractivity contribution >= 4 is 44.9 Å². The molecular weight excluding hydrogens is 296 g/mol. The monoisotopic (exact) mass is 310 g/mol. The van der Waals surface area contributed by atoms with Crippen molar-refractivity contribution in [1.29, 1.82) is 0 Å². The Morgan fingerprint density at radius 2 is 2.40 bits per heavy atom. The van der Waals surface area contributed by atoms with Crippen molar-refractivity contribution in [2.75, 3.05) is 11.9 Å². The average molecular weight is 311 g/mol. The Morgan fingerprint density at radius 3 is 3.10 bits per heavy atom. The van der Waals surface area contributed by atoms with E-state index in [1.807, 2.05) is 0 Å². The van der Waals surface area contributed by atoms with Crippen LogP contribution in [-0.2, 0) is 11.2 Å². The van der Waals surface area contributed by atoms with Gasteiger partial charge in [0.1, 0.15) is 10.6 Å². The number of carbonyl (C=O) groups excluding carboxylic acids is 1. The molecule has 1 aliphatic heterocycles. The van der Waals surface area contributed by atoms with E-state index in [1.54, 1.807) is 11.3 Å². The Labute approximate surface area is 125 Å². The van der Waals surface area contributed by atoms with Gasteiger partial charge in [0.05, 0.1) is 5.39 Å². The average Bonchev–Trinajstić information content (AvgIpc) is 2.84. The van der Waals surface area contributed by atoms with Crippen molar-refractivity contribution in [3.8, 4) is 0 Å². The number of nitrogens with zero attached hydrogens (tertiary/aromatic N) is 2. The normalized spacial score (nSPS) is 19.1. The van der Waals surface area contributed by atoms with Crippen LogP contribution in [0.5, 0.6) is 0 Å². The van der Waals surface area contributed by atoms with Gasteiger partial charge < -0.3 is 10.6 Å². The number of rotatable bonds is 3. The highest BCUT2D eigenvalue weighted by molar-refractivity contribution is 7.18. The van der Waals surface area contributed by atoms with Crippen molar-refractivity contribution < 1.29 is 4.79 Å². The Kier molecular flexibility index (Phi) is 3.76. The molecule has 1 fully saturated rings. The lowest BCUT2D eigenvalue weighted by atomic mass is 10.1. The first-order valence-corrected chi connectivity index (χ1v) is 7.84. The molecule has 0 bridgehead atoms. The number of amides is 1. The lowest BCUT2D eigenvalue weighted by Crippen LogP contribution is -2.42. The van der Waals surface area contributed by atoms with Gasteiger partial charge in [-0.15, -0.1) is 11.3 Å². The zero-order valence-corrected chi connectivity index (χ0v) is 12.6. The van der Waals surface area contributed by atoms with Crippen LogP contribution < -0.4 is 10.6 Å². The second kappa shape index (κ2) is 5.54. The van der Waals surface area contributed by atoms with E-state index in [-0.39, 0.29) is 17.2 Å². The minimum Gasteiger partial charge on any atom is -0.365 e. The largest absolute Gasteiger partial charge is 0.365 e. The van der Waals surface area contributed by atoms with Gasteiger partial charge in [0.25, 0.3) is 0 Å². The maximum atomic E-state index is 11.2. The van der Waals surface area contributed by atoms with Crippen LogP contribution in [0.3, 0.4) is 0 Å². The Balaban J connectivity index is 1.89. The number of nitrogens with one attached hydrogen (secondary N) is 2. The van der Waals surface area contributed by atoms with Gasteiger partial charge in [0, 0.05) is 23.9 Å². The van der Waals surface area contributed by atoms with Crippen LogP contribution in [0.4, 0.5) is 5.82 Å². The molecule has 20 heavy (non-hydrogen) atoms. The number of fused-ring (bicyclic) bond motifs is 1. The number of piperidine rings is 1. The van der Waals surface area contributed by atoms with Crippen LogP contribution in [0.2, 0.25) is 5.28 Å². The standard InChI is InChI=1S/C13H15ClN4OS/c1-2-8-5-9-11(17-13(14)18-12(9)20-8)16-7-3-4-10(19)15-6-7/h5,7H,2-4,6H2,1H3,(H,15,19)(H,16,17,18). The van der Waals surface area contributed by atoms with Crippen LogP contribution in [-0.4, -0.2) is 28.5 Å². The summed E-state index contributed by atoms with van der Waals surface area (Å²) in [5.41, 5.74) is 0. The molecule has 106 valence electrons. The van der Waals surface area contributed by atoms with Gasteiger partial charge in [-0.2, -0.15) is 0 Å². The smallest absolute Gasteiger partial charge is 0.225 e. The Bertz CT molecular complexity index is 647. The Morgan fingerprint density at radius 1 is 1.55 bits per heavy atom. The van der Waals surface area contributed by atoms with Crippen LogP contribution in [0.1, 0.15) is 24.6 Å². The number of aromatic nitrogens is 2. The molecule has 0 radical (unpaired) electrons. The number of hydrogen-bond donors (Lipinski definition) is 2. The summed E-state index contributed by atoms with van der Waals surface area (Å²) < 4.78 is 0. The minimum atomic E-state index is 0.109. The van der Waals surface area contributed by atoms with E-state index in [1.165, 1.54) is 4.88 Å². The zero-order valence-electron chi connectivity index (χ0n) is 11.1. The molecule has 2 N–H and O–H groups in total. The van der Waals surface area contributed by atoms with Crippen LogP contribution in [0, 0.1) is 0 Å². The number of carbonyl (C=O) groups is 1. The molecule has 1 aliphatic rings. The van der Waals surface area contributed by atoms with E-state index >= 15 is 0 Å². The summed E-state index contributed by atoms with van der Waals surface area (Å²) in [6.07, 6.45) is 2.32. The van der Waals surface area contributed by atoms with E-state index in [0.717, 1.165) is 28.9 Å². The molecule has 1 unspecified atom stereocenters. The van der Waals surface area contributed by atoms with Gasteiger partial charge in [-0.05, 0) is 30.5 Å². The predicted octanol–water partition coefficient (Wildman–Crippen LogP) is 2.60. The van der Waals surface area contributed by atoms with E-state index < -0.39 is 0 Å². The maximum Gasteiger partial charge on any atom is 0.225 e. The second-order valence-corrected chi connectivity index (χ2v) is 6.26. The van der Waals surface area contributed by atoms with E-state index in [2.05, 4.69) is 33.6 Å². The van der Waals surface area contributed by atoms with Gasteiger partial charge >= 0.3 is 0 Å². The fraction of sp³-hybridized carbons (Fsp3) is 0.462. The number of halogens is 1. The number of thiophene rings is 1. The quantitative estimate of drug-likeness (QED) is 0.855. The molecule has 1 amide bonds. The highest BCUT2D eigenvalue weighted by Gasteiger charge is 2.20. The van der Waals surface area contributed by atoms with Crippen LogP contribution in [0.15, 0.2) is 6.07 Å². The third-order valence-electron chi connectivity index (χ3n) is 3.37. The van der Waals surface area contributed by atoms with Gasteiger partial charge in [-0.1, -0.05) is 6.92 Å². The van der Waals surface area contributed by atoms with Crippen molar-refractivity contribution in [2.45, 2.75) is 32.2 Å². The number of aryl methyl sites for hydroxylation is 1. The van der Waals surface area contributed by atoms with Gasteiger partial charge in [0.2, 0.25) is 11.2 Å². The molecule has 3 rings (SSSR count). The predicted molar refractivity (Wildman–Crippen MR) is 81.5 cm³/mol. The van der Waals surface area contributed by atoms with Gasteiger partial charge in [-0.3, -0.25) is 4.79 Å². The van der Waals surface area contributed by atoms with Crippen molar-refractivity contribution in [2.24, 2.45) is 0 Å². The van der Waals surface area contributed by atoms with Crippen molar-refractivity contribution in [3.05, 3.63) is 16.2 Å². The fourth-order valence-corrected chi connectivity index (χ4v) is 3.47. The fourth-order valence-electron chi connectivity index (χ4n) is 2.28. The minimum absolute atomic E-state index is 0.109. The highest BCUT2D eigenvalue weighted by Crippen LogP contribution is 2.31. The van der Waals surface area contributed by atoms with Crippen LogP contribution >= 0.6 is 22.9 Å². The summed E-state index contributed by atoms with van der Waals surface area (Å²) in [4.78, 5) is 21.9. The number of hydrogen-bond acceptors (Lipinski definition) is 5. The van der Waals surface area contributed by atoms with E-state index in [4.69, 9.17) is 11.6 Å². The molecule has 2 aromatic rings. The van der Waals surface area contributed by atoms with Crippen molar-refractivity contribution in [1.82, 2.24) is 15.3 Å². The topological polar surface area (TPSA) is 66.9 Å². The molecule has 0 aliphatic carbocycles. The second-order valence-electron chi connectivity index (χ2n) is 4.81.